The first-order chi connectivity index (χ1) is 8.83. The fourth-order valence-corrected chi connectivity index (χ4v) is 1.94. The molecule has 1 amide bonds. The van der Waals surface area contributed by atoms with Gasteiger partial charge in [0, 0.05) is 0 Å². The fraction of sp³-hybridized carbons (Fsp3) is 0.308. The number of hydrogen-bond donors (Lipinski definition) is 0. The van der Waals surface area contributed by atoms with E-state index >= 15 is 0 Å². The van der Waals surface area contributed by atoms with Gasteiger partial charge in [0.15, 0.2) is 6.23 Å². The van der Waals surface area contributed by atoms with Gasteiger partial charge in [-0.1, -0.05) is 36.4 Å². The van der Waals surface area contributed by atoms with Crippen LogP contribution in [0, 0.1) is 0 Å². The van der Waals surface area contributed by atoms with Gasteiger partial charge in [-0.3, -0.25) is 4.90 Å². The molecular formula is C13H13NO4. The minimum atomic E-state index is -0.474. The summed E-state index contributed by atoms with van der Waals surface area (Å²) in [7, 11) is 0. The Labute approximate surface area is 104 Å². The number of rotatable bonds is 2. The molecule has 94 valence electrons. The minimum absolute atomic E-state index is 0.195. The maximum absolute atomic E-state index is 11.9. The van der Waals surface area contributed by atoms with Crippen LogP contribution in [0.25, 0.3) is 0 Å². The van der Waals surface area contributed by atoms with Crippen molar-refractivity contribution in [3.05, 3.63) is 48.0 Å². The highest BCUT2D eigenvalue weighted by Crippen LogP contribution is 2.22. The van der Waals surface area contributed by atoms with Gasteiger partial charge in [0.05, 0.1) is 6.54 Å². The molecule has 1 aromatic rings. The second-order valence-corrected chi connectivity index (χ2v) is 4.20. The number of carbonyl (C=O) groups is 1. The molecular weight excluding hydrogens is 234 g/mol. The number of fused-ring (bicyclic) bond motifs is 2. The van der Waals surface area contributed by atoms with Crippen LogP contribution in [0.2, 0.25) is 0 Å². The van der Waals surface area contributed by atoms with Crippen LogP contribution >= 0.6 is 0 Å². The van der Waals surface area contributed by atoms with E-state index < -0.39 is 6.23 Å². The van der Waals surface area contributed by atoms with E-state index in [4.69, 9.17) is 14.5 Å². The number of ether oxygens (including phenoxy) is 1. The highest BCUT2D eigenvalue weighted by atomic mass is 17.2. The molecule has 0 radical (unpaired) electrons. The Bertz CT molecular complexity index is 459. The highest BCUT2D eigenvalue weighted by molar-refractivity contribution is 5.68. The van der Waals surface area contributed by atoms with Gasteiger partial charge in [-0.25, -0.2) is 14.6 Å². The number of nitrogens with zero attached hydrogens (tertiary/aromatic N) is 1. The molecule has 3 aliphatic heterocycles. The zero-order valence-corrected chi connectivity index (χ0v) is 9.69. The molecule has 0 saturated carbocycles. The molecule has 1 fully saturated rings. The van der Waals surface area contributed by atoms with Crippen molar-refractivity contribution in [3.63, 3.8) is 0 Å². The van der Waals surface area contributed by atoms with Gasteiger partial charge >= 0.3 is 6.09 Å². The van der Waals surface area contributed by atoms with E-state index in [1.807, 2.05) is 36.4 Å². The Kier molecular flexibility index (Phi) is 3.00. The lowest BCUT2D eigenvalue weighted by atomic mass is 10.2. The van der Waals surface area contributed by atoms with E-state index in [0.29, 0.717) is 6.54 Å². The van der Waals surface area contributed by atoms with E-state index in [1.165, 1.54) is 4.90 Å². The van der Waals surface area contributed by atoms with Gasteiger partial charge in [-0.2, -0.15) is 0 Å². The summed E-state index contributed by atoms with van der Waals surface area (Å²) in [5.74, 6) is 0. The quantitative estimate of drug-likeness (QED) is 0.591. The van der Waals surface area contributed by atoms with Gasteiger partial charge in [-0.05, 0) is 11.6 Å². The molecule has 18 heavy (non-hydrogen) atoms. The van der Waals surface area contributed by atoms with Gasteiger partial charge in [0.2, 0.25) is 0 Å². The van der Waals surface area contributed by atoms with Crippen molar-refractivity contribution >= 4 is 6.09 Å². The van der Waals surface area contributed by atoms with Crippen LogP contribution in [0.5, 0.6) is 0 Å². The third-order valence-corrected chi connectivity index (χ3v) is 2.89. The van der Waals surface area contributed by atoms with Gasteiger partial charge < -0.3 is 4.74 Å². The first kappa shape index (κ1) is 11.3. The Morgan fingerprint density at radius 3 is 2.72 bits per heavy atom. The molecule has 3 aliphatic rings. The van der Waals surface area contributed by atoms with E-state index in [0.717, 1.165) is 5.56 Å². The maximum Gasteiger partial charge on any atom is 0.412 e. The fourth-order valence-electron chi connectivity index (χ4n) is 1.94. The summed E-state index contributed by atoms with van der Waals surface area (Å²) < 4.78 is 5.24. The van der Waals surface area contributed by atoms with E-state index in [-0.39, 0.29) is 18.8 Å². The monoisotopic (exact) mass is 247 g/mol. The number of amides is 1. The molecule has 5 heteroatoms. The molecule has 0 N–H and O–H groups in total. The lowest BCUT2D eigenvalue weighted by Gasteiger charge is -2.38. The lowest BCUT2D eigenvalue weighted by Crippen LogP contribution is -2.52. The van der Waals surface area contributed by atoms with Crippen molar-refractivity contribution in [2.75, 3.05) is 6.54 Å². The Morgan fingerprint density at radius 2 is 2.11 bits per heavy atom. The third-order valence-electron chi connectivity index (χ3n) is 2.89. The van der Waals surface area contributed by atoms with Crippen molar-refractivity contribution in [1.82, 2.24) is 4.90 Å². The summed E-state index contributed by atoms with van der Waals surface area (Å²) in [6, 6.07) is 9.56. The van der Waals surface area contributed by atoms with Crippen molar-refractivity contribution in [1.29, 1.82) is 0 Å². The predicted molar refractivity (Wildman–Crippen MR) is 62.2 cm³/mol. The Morgan fingerprint density at radius 1 is 1.28 bits per heavy atom. The predicted octanol–water partition coefficient (Wildman–Crippen LogP) is 1.85. The van der Waals surface area contributed by atoms with Crippen molar-refractivity contribution in [2.24, 2.45) is 0 Å². The normalized spacial score (nSPS) is 25.2. The minimum Gasteiger partial charge on any atom is -0.444 e. The van der Waals surface area contributed by atoms with Crippen molar-refractivity contribution in [2.45, 2.75) is 18.9 Å². The molecule has 0 aliphatic carbocycles. The van der Waals surface area contributed by atoms with E-state index in [2.05, 4.69) is 0 Å². The molecule has 0 aromatic heterocycles. The SMILES string of the molecule is O=C(OCc1ccccc1)N1C[C@@H]2C=C[C@H]1OO2. The highest BCUT2D eigenvalue weighted by Gasteiger charge is 2.36. The second kappa shape index (κ2) is 4.80. The zero-order valence-electron chi connectivity index (χ0n) is 9.69. The molecule has 1 saturated heterocycles. The first-order valence-corrected chi connectivity index (χ1v) is 5.81. The molecule has 0 unspecified atom stereocenters. The smallest absolute Gasteiger partial charge is 0.412 e. The molecule has 1 aromatic carbocycles. The van der Waals surface area contributed by atoms with E-state index in [9.17, 15) is 4.79 Å². The molecule has 0 spiro atoms. The molecule has 3 heterocycles. The largest absolute Gasteiger partial charge is 0.444 e. The first-order valence-electron chi connectivity index (χ1n) is 5.81. The maximum atomic E-state index is 11.9. The summed E-state index contributed by atoms with van der Waals surface area (Å²) in [6.07, 6.45) is 2.62. The topological polar surface area (TPSA) is 48.0 Å². The number of hydrogen-bond acceptors (Lipinski definition) is 4. The Balaban J connectivity index is 1.58. The molecule has 2 atom stereocenters. The van der Waals surface area contributed by atoms with Gasteiger partial charge in [0.25, 0.3) is 0 Å². The van der Waals surface area contributed by atoms with Crippen LogP contribution in [0.4, 0.5) is 4.79 Å². The van der Waals surface area contributed by atoms with Gasteiger partial charge in [-0.15, -0.1) is 0 Å². The summed E-state index contributed by atoms with van der Waals surface area (Å²) in [6.45, 7) is 0.729. The molecule has 5 nitrogen and oxygen atoms in total. The average Bonchev–Trinajstić information content (AvgIpc) is 2.47. The Hall–Kier alpha value is -1.85. The van der Waals surface area contributed by atoms with Crippen LogP contribution < -0.4 is 0 Å². The van der Waals surface area contributed by atoms with Gasteiger partial charge in [0.1, 0.15) is 12.7 Å². The zero-order chi connectivity index (χ0) is 12.4. The summed E-state index contributed by atoms with van der Waals surface area (Å²) in [5, 5.41) is 0. The average molecular weight is 247 g/mol. The van der Waals surface area contributed by atoms with Crippen LogP contribution in [0.1, 0.15) is 5.56 Å². The summed E-state index contributed by atoms with van der Waals surface area (Å²) in [4.78, 5) is 23.4. The second-order valence-electron chi connectivity index (χ2n) is 4.20. The number of carbonyl (C=O) groups excluding carboxylic acids is 1. The summed E-state index contributed by atoms with van der Waals surface area (Å²) in [5.41, 5.74) is 0.959. The van der Waals surface area contributed by atoms with Crippen LogP contribution in [-0.2, 0) is 21.1 Å². The number of benzene rings is 1. The summed E-state index contributed by atoms with van der Waals surface area (Å²) >= 11 is 0. The van der Waals surface area contributed by atoms with Crippen molar-refractivity contribution in [3.8, 4) is 0 Å². The van der Waals surface area contributed by atoms with Crippen LogP contribution in [-0.4, -0.2) is 29.9 Å². The van der Waals surface area contributed by atoms with Crippen molar-refractivity contribution < 1.29 is 19.3 Å². The lowest BCUT2D eigenvalue weighted by molar-refractivity contribution is -0.387. The third kappa shape index (κ3) is 2.23. The van der Waals surface area contributed by atoms with E-state index in [1.54, 1.807) is 6.08 Å². The molecule has 2 bridgehead atoms. The molecule has 4 rings (SSSR count). The van der Waals surface area contributed by atoms with Crippen LogP contribution in [0.15, 0.2) is 42.5 Å². The van der Waals surface area contributed by atoms with Crippen LogP contribution in [0.3, 0.4) is 0 Å². The standard InChI is InChI=1S/C13H13NO4/c15-13(16-9-10-4-2-1-3-5-10)14-8-11-6-7-12(14)18-17-11/h1-7,11-12H,8-9H2/t11-,12+/m0/s1.